The number of hydrogen-bond acceptors (Lipinski definition) is 7. The summed E-state index contributed by atoms with van der Waals surface area (Å²) in [6, 6.07) is 0. The first-order chi connectivity index (χ1) is 9.08. The molecule has 3 N–H and O–H groups in total. The minimum absolute atomic E-state index is 0.195. The van der Waals surface area contributed by atoms with Gasteiger partial charge in [-0.25, -0.2) is 19.8 Å². The number of hydrogen-bond donors (Lipinski definition) is 3. The molecule has 0 amide bonds. The third-order valence-corrected chi connectivity index (χ3v) is 3.26. The van der Waals surface area contributed by atoms with E-state index < -0.39 is 29.1 Å². The van der Waals surface area contributed by atoms with Gasteiger partial charge < -0.3 is 14.6 Å². The summed E-state index contributed by atoms with van der Waals surface area (Å²) in [6.45, 7) is 5.70. The summed E-state index contributed by atoms with van der Waals surface area (Å²) in [5.41, 5.74) is 3.20. The Kier molecular flexibility index (Phi) is 3.26. The number of aliphatic carboxylic acids is 1. The highest BCUT2D eigenvalue weighted by atomic mass is 16.6. The standard InChI is InChI=1S/C12H18N2O6/c1-10(2,3)20-9(18)12(19-8(17)7(15)16)4-11(5-12)6-13-14-11/h13-14H,4-6H2,1-3H3,(H,15,16). The van der Waals surface area contributed by atoms with Crippen molar-refractivity contribution in [1.82, 2.24) is 10.9 Å². The second-order valence-electron chi connectivity index (χ2n) is 6.30. The molecule has 0 aromatic rings. The number of carbonyl (C=O) groups excluding carboxylic acids is 2. The molecule has 1 aliphatic carbocycles. The lowest BCUT2D eigenvalue weighted by atomic mass is 9.63. The number of carboxylic acid groups (broad SMARTS) is 1. The molecule has 0 atom stereocenters. The monoisotopic (exact) mass is 286 g/mol. The molecule has 2 fully saturated rings. The van der Waals surface area contributed by atoms with E-state index in [-0.39, 0.29) is 18.4 Å². The van der Waals surface area contributed by atoms with E-state index in [1.54, 1.807) is 20.8 Å². The Labute approximate surface area is 115 Å². The number of ether oxygens (including phenoxy) is 2. The van der Waals surface area contributed by atoms with Gasteiger partial charge in [-0.15, -0.1) is 0 Å². The SMILES string of the molecule is CC(C)(C)OC(=O)C1(OC(=O)C(=O)O)CC2(CNN2)C1. The van der Waals surface area contributed by atoms with Crippen molar-refractivity contribution in [2.45, 2.75) is 50.4 Å². The van der Waals surface area contributed by atoms with Crippen LogP contribution in [0.2, 0.25) is 0 Å². The second-order valence-corrected chi connectivity index (χ2v) is 6.30. The van der Waals surface area contributed by atoms with E-state index in [2.05, 4.69) is 10.9 Å². The molecule has 1 aliphatic heterocycles. The van der Waals surface area contributed by atoms with Crippen molar-refractivity contribution in [2.24, 2.45) is 0 Å². The van der Waals surface area contributed by atoms with Gasteiger partial charge in [0.1, 0.15) is 5.60 Å². The predicted molar refractivity (Wildman–Crippen MR) is 65.4 cm³/mol. The van der Waals surface area contributed by atoms with Crippen molar-refractivity contribution in [3.8, 4) is 0 Å². The molecular formula is C12H18N2O6. The maximum Gasteiger partial charge on any atom is 0.418 e. The molecule has 0 aromatic carbocycles. The molecule has 2 rings (SSSR count). The maximum absolute atomic E-state index is 12.2. The molecule has 20 heavy (non-hydrogen) atoms. The molecule has 1 saturated carbocycles. The minimum atomic E-state index is -1.73. The summed E-state index contributed by atoms with van der Waals surface area (Å²) in [5, 5.41) is 8.63. The van der Waals surface area contributed by atoms with Crippen LogP contribution in [-0.4, -0.2) is 46.3 Å². The zero-order valence-electron chi connectivity index (χ0n) is 11.6. The molecule has 1 spiro atoms. The van der Waals surface area contributed by atoms with Crippen LogP contribution in [0.25, 0.3) is 0 Å². The van der Waals surface area contributed by atoms with Gasteiger partial charge in [0.25, 0.3) is 0 Å². The number of esters is 2. The van der Waals surface area contributed by atoms with Gasteiger partial charge in [0.05, 0.1) is 5.54 Å². The van der Waals surface area contributed by atoms with Crippen molar-refractivity contribution >= 4 is 17.9 Å². The number of rotatable bonds is 2. The van der Waals surface area contributed by atoms with E-state index in [0.29, 0.717) is 6.54 Å². The Balaban J connectivity index is 2.11. The molecule has 2 aliphatic rings. The van der Waals surface area contributed by atoms with Gasteiger partial charge in [0, 0.05) is 19.4 Å². The number of nitrogens with one attached hydrogen (secondary N) is 2. The number of carboxylic acids is 1. The Morgan fingerprint density at radius 2 is 1.75 bits per heavy atom. The molecular weight excluding hydrogens is 268 g/mol. The van der Waals surface area contributed by atoms with Crippen LogP contribution >= 0.6 is 0 Å². The first-order valence-corrected chi connectivity index (χ1v) is 6.27. The van der Waals surface area contributed by atoms with Gasteiger partial charge >= 0.3 is 17.9 Å². The van der Waals surface area contributed by atoms with Crippen LogP contribution in [0.15, 0.2) is 0 Å². The van der Waals surface area contributed by atoms with Crippen LogP contribution in [0.5, 0.6) is 0 Å². The Morgan fingerprint density at radius 1 is 1.20 bits per heavy atom. The third kappa shape index (κ3) is 2.61. The Morgan fingerprint density at radius 3 is 2.10 bits per heavy atom. The average Bonchev–Trinajstić information content (AvgIpc) is 2.16. The van der Waals surface area contributed by atoms with Gasteiger partial charge in [0.15, 0.2) is 0 Å². The van der Waals surface area contributed by atoms with Gasteiger partial charge in [-0.3, -0.25) is 5.43 Å². The summed E-state index contributed by atoms with van der Waals surface area (Å²) in [5.74, 6) is -3.88. The molecule has 0 bridgehead atoms. The Hall–Kier alpha value is -1.67. The summed E-state index contributed by atoms with van der Waals surface area (Å²) < 4.78 is 10.1. The van der Waals surface area contributed by atoms with E-state index in [4.69, 9.17) is 14.6 Å². The smallest absolute Gasteiger partial charge is 0.418 e. The molecule has 0 aromatic heterocycles. The van der Waals surface area contributed by atoms with Gasteiger partial charge in [-0.1, -0.05) is 0 Å². The van der Waals surface area contributed by atoms with E-state index in [1.807, 2.05) is 0 Å². The van der Waals surface area contributed by atoms with E-state index in [9.17, 15) is 14.4 Å². The van der Waals surface area contributed by atoms with Crippen molar-refractivity contribution < 1.29 is 29.0 Å². The van der Waals surface area contributed by atoms with Crippen LogP contribution in [0.4, 0.5) is 0 Å². The van der Waals surface area contributed by atoms with Gasteiger partial charge in [-0.2, -0.15) is 0 Å². The number of carbonyl (C=O) groups is 3. The molecule has 8 heteroatoms. The van der Waals surface area contributed by atoms with Crippen molar-refractivity contribution in [2.75, 3.05) is 6.54 Å². The van der Waals surface area contributed by atoms with Crippen molar-refractivity contribution in [1.29, 1.82) is 0 Å². The van der Waals surface area contributed by atoms with E-state index in [0.717, 1.165) is 0 Å². The van der Waals surface area contributed by atoms with E-state index >= 15 is 0 Å². The van der Waals surface area contributed by atoms with Crippen LogP contribution in [0.1, 0.15) is 33.6 Å². The predicted octanol–water partition coefficient (Wildman–Crippen LogP) is -0.665. The van der Waals surface area contributed by atoms with Crippen molar-refractivity contribution in [3.63, 3.8) is 0 Å². The summed E-state index contributed by atoms with van der Waals surface area (Å²) in [4.78, 5) is 34.1. The van der Waals surface area contributed by atoms with E-state index in [1.165, 1.54) is 0 Å². The Bertz CT molecular complexity index is 455. The molecule has 0 unspecified atom stereocenters. The van der Waals surface area contributed by atoms with Gasteiger partial charge in [0.2, 0.25) is 5.60 Å². The first-order valence-electron chi connectivity index (χ1n) is 6.27. The quantitative estimate of drug-likeness (QED) is 0.452. The van der Waals surface area contributed by atoms with Gasteiger partial charge in [-0.05, 0) is 20.8 Å². The van der Waals surface area contributed by atoms with Crippen LogP contribution in [0, 0.1) is 0 Å². The lowest BCUT2D eigenvalue weighted by molar-refractivity contribution is -0.219. The average molecular weight is 286 g/mol. The third-order valence-electron chi connectivity index (χ3n) is 3.26. The molecule has 8 nitrogen and oxygen atoms in total. The lowest BCUT2D eigenvalue weighted by Crippen LogP contribution is -2.81. The lowest BCUT2D eigenvalue weighted by Gasteiger charge is -2.58. The highest BCUT2D eigenvalue weighted by Crippen LogP contribution is 2.47. The normalized spacial score (nSPS) is 31.9. The first kappa shape index (κ1) is 14.7. The van der Waals surface area contributed by atoms with Crippen molar-refractivity contribution in [3.05, 3.63) is 0 Å². The summed E-state index contributed by atoms with van der Waals surface area (Å²) in [7, 11) is 0. The topological polar surface area (TPSA) is 114 Å². The molecule has 1 saturated heterocycles. The second kappa shape index (κ2) is 4.42. The summed E-state index contributed by atoms with van der Waals surface area (Å²) in [6.07, 6.45) is 0.391. The molecule has 1 heterocycles. The minimum Gasteiger partial charge on any atom is -0.473 e. The molecule has 112 valence electrons. The fourth-order valence-electron chi connectivity index (χ4n) is 2.44. The fourth-order valence-corrected chi connectivity index (χ4v) is 2.44. The highest BCUT2D eigenvalue weighted by molar-refractivity contribution is 6.29. The highest BCUT2D eigenvalue weighted by Gasteiger charge is 2.66. The summed E-state index contributed by atoms with van der Waals surface area (Å²) >= 11 is 0. The zero-order valence-corrected chi connectivity index (χ0v) is 11.6. The van der Waals surface area contributed by atoms with Crippen LogP contribution in [-0.2, 0) is 23.9 Å². The number of hydrazine groups is 1. The largest absolute Gasteiger partial charge is 0.473 e. The zero-order chi connectivity index (χ0) is 15.2. The maximum atomic E-state index is 12.2. The van der Waals surface area contributed by atoms with Crippen LogP contribution < -0.4 is 10.9 Å². The fraction of sp³-hybridized carbons (Fsp3) is 0.750. The van der Waals surface area contributed by atoms with Crippen LogP contribution in [0.3, 0.4) is 0 Å². The molecule has 0 radical (unpaired) electrons.